The van der Waals surface area contributed by atoms with Crippen molar-refractivity contribution in [3.05, 3.63) is 78.4 Å². The maximum absolute atomic E-state index is 12.5. The van der Waals surface area contributed by atoms with Crippen LogP contribution in [0, 0.1) is 6.92 Å². The fraction of sp³-hybridized carbons (Fsp3) is 0.130. The molecule has 32 heavy (non-hydrogen) atoms. The van der Waals surface area contributed by atoms with Crippen LogP contribution in [-0.2, 0) is 19.6 Å². The number of hydrogen-bond donors (Lipinski definition) is 3. The summed E-state index contributed by atoms with van der Waals surface area (Å²) >= 11 is 0. The number of anilines is 3. The van der Waals surface area contributed by atoms with Gasteiger partial charge in [0, 0.05) is 24.0 Å². The summed E-state index contributed by atoms with van der Waals surface area (Å²) < 4.78 is 33.0. The summed E-state index contributed by atoms with van der Waals surface area (Å²) in [5.41, 5.74) is 2.60. The molecule has 0 saturated heterocycles. The molecule has 0 aliphatic rings. The van der Waals surface area contributed by atoms with E-state index in [0.29, 0.717) is 22.8 Å². The minimum absolute atomic E-state index is 0.0788. The second-order valence-electron chi connectivity index (χ2n) is 7.04. The molecule has 166 valence electrons. The average Bonchev–Trinajstić information content (AvgIpc) is 2.73. The van der Waals surface area contributed by atoms with Crippen LogP contribution in [0.1, 0.15) is 12.5 Å². The highest BCUT2D eigenvalue weighted by molar-refractivity contribution is 7.92. The first-order valence-corrected chi connectivity index (χ1v) is 11.2. The normalized spacial score (nSPS) is 10.8. The van der Waals surface area contributed by atoms with E-state index in [1.165, 1.54) is 31.2 Å². The van der Waals surface area contributed by atoms with Gasteiger partial charge in [0.05, 0.1) is 4.90 Å². The molecule has 2 amide bonds. The van der Waals surface area contributed by atoms with E-state index in [1.54, 1.807) is 42.5 Å². The van der Waals surface area contributed by atoms with Crippen LogP contribution < -0.4 is 20.1 Å². The van der Waals surface area contributed by atoms with Crippen LogP contribution in [0.25, 0.3) is 0 Å². The highest BCUT2D eigenvalue weighted by Crippen LogP contribution is 2.20. The number of nitrogens with one attached hydrogen (secondary N) is 3. The maximum atomic E-state index is 12.5. The molecule has 0 atom stereocenters. The monoisotopic (exact) mass is 453 g/mol. The number of amides is 2. The zero-order chi connectivity index (χ0) is 23.1. The second-order valence-corrected chi connectivity index (χ2v) is 8.72. The van der Waals surface area contributed by atoms with Crippen LogP contribution in [0.15, 0.2) is 77.7 Å². The van der Waals surface area contributed by atoms with Gasteiger partial charge in [0.2, 0.25) is 5.91 Å². The summed E-state index contributed by atoms with van der Waals surface area (Å²) in [6, 6.07) is 19.5. The van der Waals surface area contributed by atoms with Gasteiger partial charge in [-0.05, 0) is 73.2 Å². The van der Waals surface area contributed by atoms with Crippen molar-refractivity contribution in [1.29, 1.82) is 0 Å². The fourth-order valence-corrected chi connectivity index (χ4v) is 3.87. The van der Waals surface area contributed by atoms with E-state index in [9.17, 15) is 18.0 Å². The van der Waals surface area contributed by atoms with Crippen LogP contribution in [0.3, 0.4) is 0 Å². The molecular weight excluding hydrogens is 430 g/mol. The van der Waals surface area contributed by atoms with Crippen molar-refractivity contribution in [2.24, 2.45) is 0 Å². The molecule has 0 aromatic heterocycles. The Balaban J connectivity index is 1.54. The highest BCUT2D eigenvalue weighted by atomic mass is 32.2. The van der Waals surface area contributed by atoms with Crippen molar-refractivity contribution < 1.29 is 22.7 Å². The lowest BCUT2D eigenvalue weighted by Crippen LogP contribution is -2.20. The molecule has 0 bridgehead atoms. The van der Waals surface area contributed by atoms with Gasteiger partial charge in [-0.1, -0.05) is 12.1 Å². The standard InChI is InChI=1S/C23H23N3O5S/c1-16-4-3-5-20(14-16)26-32(29,30)22-12-10-21(11-13-22)31-15-23(28)25-19-8-6-18(7-9-19)24-17(2)27/h3-14,26H,15H2,1-2H3,(H,24,27)(H,25,28). The number of rotatable bonds is 8. The number of aryl methyl sites for hydroxylation is 1. The molecule has 9 heteroatoms. The fourth-order valence-electron chi connectivity index (χ4n) is 2.82. The lowest BCUT2D eigenvalue weighted by atomic mass is 10.2. The predicted octanol–water partition coefficient (Wildman–Crippen LogP) is 3.77. The third-order valence-electron chi connectivity index (χ3n) is 4.26. The molecule has 0 spiro atoms. The van der Waals surface area contributed by atoms with Crippen molar-refractivity contribution >= 4 is 38.9 Å². The van der Waals surface area contributed by atoms with Gasteiger partial charge in [0.1, 0.15) is 5.75 Å². The molecule has 0 fully saturated rings. The van der Waals surface area contributed by atoms with Gasteiger partial charge in [-0.2, -0.15) is 0 Å². The van der Waals surface area contributed by atoms with Gasteiger partial charge in [-0.15, -0.1) is 0 Å². The van der Waals surface area contributed by atoms with Crippen molar-refractivity contribution in [1.82, 2.24) is 0 Å². The predicted molar refractivity (Wildman–Crippen MR) is 123 cm³/mol. The van der Waals surface area contributed by atoms with Crippen molar-refractivity contribution in [3.8, 4) is 5.75 Å². The highest BCUT2D eigenvalue weighted by Gasteiger charge is 2.14. The minimum Gasteiger partial charge on any atom is -0.484 e. The summed E-state index contributed by atoms with van der Waals surface area (Å²) in [6.45, 7) is 3.04. The summed E-state index contributed by atoms with van der Waals surface area (Å²) in [7, 11) is -3.74. The Labute approximate surface area is 186 Å². The van der Waals surface area contributed by atoms with Gasteiger partial charge >= 0.3 is 0 Å². The smallest absolute Gasteiger partial charge is 0.262 e. The van der Waals surface area contributed by atoms with Crippen molar-refractivity contribution in [2.45, 2.75) is 18.7 Å². The molecule has 3 N–H and O–H groups in total. The van der Waals surface area contributed by atoms with E-state index in [-0.39, 0.29) is 23.3 Å². The van der Waals surface area contributed by atoms with Crippen LogP contribution in [0.2, 0.25) is 0 Å². The molecule has 3 aromatic carbocycles. The first kappa shape index (κ1) is 22.8. The van der Waals surface area contributed by atoms with E-state index in [4.69, 9.17) is 4.74 Å². The second kappa shape index (κ2) is 9.97. The van der Waals surface area contributed by atoms with Crippen LogP contribution in [-0.4, -0.2) is 26.8 Å². The average molecular weight is 454 g/mol. The maximum Gasteiger partial charge on any atom is 0.262 e. The molecule has 3 aromatic rings. The van der Waals surface area contributed by atoms with E-state index < -0.39 is 10.0 Å². The van der Waals surface area contributed by atoms with E-state index in [0.717, 1.165) is 5.56 Å². The van der Waals surface area contributed by atoms with Gasteiger partial charge in [-0.25, -0.2) is 8.42 Å². The third-order valence-corrected chi connectivity index (χ3v) is 5.66. The van der Waals surface area contributed by atoms with Gasteiger partial charge in [0.15, 0.2) is 6.61 Å². The van der Waals surface area contributed by atoms with Crippen LogP contribution in [0.5, 0.6) is 5.75 Å². The summed E-state index contributed by atoms with van der Waals surface area (Å²) in [5.74, 6) is -0.203. The Bertz CT molecular complexity index is 1210. The molecule has 3 rings (SSSR count). The number of sulfonamides is 1. The van der Waals surface area contributed by atoms with Gasteiger partial charge in [-0.3, -0.25) is 14.3 Å². The summed E-state index contributed by atoms with van der Waals surface area (Å²) in [5, 5.41) is 5.32. The Morgan fingerprint density at radius 2 is 1.47 bits per heavy atom. The SMILES string of the molecule is CC(=O)Nc1ccc(NC(=O)COc2ccc(S(=O)(=O)Nc3cccc(C)c3)cc2)cc1. The Morgan fingerprint density at radius 1 is 0.844 bits per heavy atom. The van der Waals surface area contributed by atoms with E-state index in [2.05, 4.69) is 15.4 Å². The Morgan fingerprint density at radius 3 is 2.06 bits per heavy atom. The first-order valence-electron chi connectivity index (χ1n) is 9.71. The minimum atomic E-state index is -3.74. The number of carbonyl (C=O) groups excluding carboxylic acids is 2. The Hall–Kier alpha value is -3.85. The first-order chi connectivity index (χ1) is 15.2. The quantitative estimate of drug-likeness (QED) is 0.480. The lowest BCUT2D eigenvalue weighted by Gasteiger charge is -2.10. The van der Waals surface area contributed by atoms with Crippen LogP contribution >= 0.6 is 0 Å². The Kier molecular flexibility index (Phi) is 7.11. The molecule has 0 aliphatic heterocycles. The number of ether oxygens (including phenoxy) is 1. The largest absolute Gasteiger partial charge is 0.484 e. The van der Waals surface area contributed by atoms with E-state index in [1.807, 2.05) is 13.0 Å². The zero-order valence-electron chi connectivity index (χ0n) is 17.6. The topological polar surface area (TPSA) is 114 Å². The molecule has 0 heterocycles. The van der Waals surface area contributed by atoms with Crippen LogP contribution in [0.4, 0.5) is 17.1 Å². The summed E-state index contributed by atoms with van der Waals surface area (Å²) in [6.07, 6.45) is 0. The molecule has 0 saturated carbocycles. The molecular formula is C23H23N3O5S. The third kappa shape index (κ3) is 6.58. The zero-order valence-corrected chi connectivity index (χ0v) is 18.4. The summed E-state index contributed by atoms with van der Waals surface area (Å²) in [4.78, 5) is 23.2. The molecule has 0 radical (unpaired) electrons. The molecule has 0 aliphatic carbocycles. The molecule has 0 unspecified atom stereocenters. The van der Waals surface area contributed by atoms with E-state index >= 15 is 0 Å². The van der Waals surface area contributed by atoms with Crippen molar-refractivity contribution in [2.75, 3.05) is 22.0 Å². The molecule has 8 nitrogen and oxygen atoms in total. The lowest BCUT2D eigenvalue weighted by molar-refractivity contribution is -0.118. The number of hydrogen-bond acceptors (Lipinski definition) is 5. The van der Waals surface area contributed by atoms with Gasteiger partial charge < -0.3 is 15.4 Å². The number of carbonyl (C=O) groups is 2. The van der Waals surface area contributed by atoms with Crippen molar-refractivity contribution in [3.63, 3.8) is 0 Å². The van der Waals surface area contributed by atoms with Gasteiger partial charge in [0.25, 0.3) is 15.9 Å². The number of benzene rings is 3.